The van der Waals surface area contributed by atoms with Gasteiger partial charge in [-0.2, -0.15) is 5.10 Å². The second-order valence-corrected chi connectivity index (χ2v) is 7.15. The number of aryl methyl sites for hydroxylation is 2. The molecule has 0 aliphatic rings. The van der Waals surface area contributed by atoms with E-state index in [0.29, 0.717) is 26.3 Å². The van der Waals surface area contributed by atoms with Gasteiger partial charge >= 0.3 is 0 Å². The molecule has 0 fully saturated rings. The largest absolute Gasteiger partial charge is 0.377 e. The maximum absolute atomic E-state index is 5.58. The molecular formula is C24H32IN5O. The van der Waals surface area contributed by atoms with E-state index in [1.807, 2.05) is 42.8 Å². The maximum atomic E-state index is 5.58. The summed E-state index contributed by atoms with van der Waals surface area (Å²) in [4.78, 5) is 4.37. The van der Waals surface area contributed by atoms with Gasteiger partial charge in [0.1, 0.15) is 0 Å². The molecule has 0 aliphatic carbocycles. The number of nitrogens with one attached hydrogen (secondary N) is 2. The van der Waals surface area contributed by atoms with Crippen molar-refractivity contribution in [2.75, 3.05) is 13.7 Å². The minimum atomic E-state index is 0. The molecule has 166 valence electrons. The third-order valence-electron chi connectivity index (χ3n) is 4.93. The van der Waals surface area contributed by atoms with Gasteiger partial charge in [0, 0.05) is 32.4 Å². The lowest BCUT2D eigenvalue weighted by Gasteiger charge is -2.16. The predicted molar refractivity (Wildman–Crippen MR) is 137 cm³/mol. The maximum Gasteiger partial charge on any atom is 0.191 e. The Morgan fingerprint density at radius 1 is 0.968 bits per heavy atom. The van der Waals surface area contributed by atoms with Gasteiger partial charge in [-0.3, -0.25) is 4.99 Å². The first-order chi connectivity index (χ1) is 14.6. The topological polar surface area (TPSA) is 63.5 Å². The zero-order valence-corrected chi connectivity index (χ0v) is 21.0. The highest BCUT2D eigenvalue weighted by Crippen LogP contribution is 2.17. The van der Waals surface area contributed by atoms with Crippen LogP contribution < -0.4 is 10.6 Å². The summed E-state index contributed by atoms with van der Waals surface area (Å²) in [6, 6.07) is 18.7. The molecular weight excluding hydrogens is 501 g/mol. The van der Waals surface area contributed by atoms with Gasteiger partial charge in [0.2, 0.25) is 0 Å². The van der Waals surface area contributed by atoms with Crippen LogP contribution in [0.4, 0.5) is 0 Å². The van der Waals surface area contributed by atoms with Crippen LogP contribution in [0.5, 0.6) is 0 Å². The average Bonchev–Trinajstić information content (AvgIpc) is 3.11. The quantitative estimate of drug-likeness (QED) is 0.254. The summed E-state index contributed by atoms with van der Waals surface area (Å²) in [5.41, 5.74) is 6.76. The number of nitrogens with zero attached hydrogens (tertiary/aromatic N) is 3. The van der Waals surface area contributed by atoms with Crippen molar-refractivity contribution in [3.05, 3.63) is 82.7 Å². The fraction of sp³-hybridized carbons (Fsp3) is 0.333. The molecule has 0 saturated carbocycles. The fourth-order valence-electron chi connectivity index (χ4n) is 3.40. The molecule has 3 rings (SSSR count). The van der Waals surface area contributed by atoms with E-state index in [4.69, 9.17) is 4.74 Å². The van der Waals surface area contributed by atoms with Crippen molar-refractivity contribution in [1.29, 1.82) is 0 Å². The number of halogens is 1. The van der Waals surface area contributed by atoms with E-state index in [9.17, 15) is 0 Å². The molecule has 0 spiro atoms. The molecule has 6 nitrogen and oxygen atoms in total. The lowest BCUT2D eigenvalue weighted by molar-refractivity contribution is 0.133. The minimum absolute atomic E-state index is 0. The van der Waals surface area contributed by atoms with Gasteiger partial charge in [0.25, 0.3) is 0 Å². The molecule has 3 aromatic rings. The molecule has 2 aromatic carbocycles. The highest BCUT2D eigenvalue weighted by molar-refractivity contribution is 14.0. The van der Waals surface area contributed by atoms with Crippen molar-refractivity contribution in [1.82, 2.24) is 20.4 Å². The van der Waals surface area contributed by atoms with Crippen LogP contribution in [0, 0.1) is 13.8 Å². The number of hydrogen-bond acceptors (Lipinski definition) is 3. The number of aromatic nitrogens is 2. The Morgan fingerprint density at radius 2 is 1.58 bits per heavy atom. The lowest BCUT2D eigenvalue weighted by atomic mass is 10.1. The molecule has 0 unspecified atom stereocenters. The summed E-state index contributed by atoms with van der Waals surface area (Å²) in [7, 11) is 1.79. The van der Waals surface area contributed by atoms with Crippen molar-refractivity contribution in [2.24, 2.45) is 4.99 Å². The van der Waals surface area contributed by atoms with Crippen molar-refractivity contribution in [2.45, 2.75) is 40.5 Å². The summed E-state index contributed by atoms with van der Waals surface area (Å²) in [6.07, 6.45) is 0. The summed E-state index contributed by atoms with van der Waals surface area (Å²) in [6.45, 7) is 8.76. The molecule has 31 heavy (non-hydrogen) atoms. The first kappa shape index (κ1) is 24.9. The van der Waals surface area contributed by atoms with Gasteiger partial charge < -0.3 is 15.4 Å². The Kier molecular flexibility index (Phi) is 10.00. The normalized spacial score (nSPS) is 11.2. The van der Waals surface area contributed by atoms with Crippen LogP contribution in [-0.4, -0.2) is 29.4 Å². The van der Waals surface area contributed by atoms with Crippen LogP contribution in [0.25, 0.3) is 5.69 Å². The Morgan fingerprint density at radius 3 is 2.19 bits per heavy atom. The van der Waals surface area contributed by atoms with Gasteiger partial charge in [-0.1, -0.05) is 42.5 Å². The van der Waals surface area contributed by atoms with Crippen LogP contribution in [0.1, 0.15) is 35.0 Å². The molecule has 1 aromatic heterocycles. The van der Waals surface area contributed by atoms with E-state index in [1.54, 1.807) is 7.05 Å². The van der Waals surface area contributed by atoms with Gasteiger partial charge in [-0.15, -0.1) is 24.0 Å². The molecule has 2 N–H and O–H groups in total. The van der Waals surface area contributed by atoms with E-state index in [1.165, 1.54) is 11.1 Å². The predicted octanol–water partition coefficient (Wildman–Crippen LogP) is 4.51. The molecule has 1 heterocycles. The molecule has 0 saturated heterocycles. The van der Waals surface area contributed by atoms with Gasteiger partial charge in [0.15, 0.2) is 5.96 Å². The first-order valence-electron chi connectivity index (χ1n) is 10.3. The Balaban J connectivity index is 0.00000341. The van der Waals surface area contributed by atoms with Crippen LogP contribution in [0.15, 0.2) is 59.6 Å². The standard InChI is InChI=1S/C24H31N5O.HI/c1-5-30-17-22-12-7-6-10-20(22)15-26-24(25-4)27-16-21-11-8-9-13-23(21)29-19(3)14-18(2)28-29;/h6-14H,5,15-17H2,1-4H3,(H2,25,26,27);1H. The highest BCUT2D eigenvalue weighted by atomic mass is 127. The second kappa shape index (κ2) is 12.5. The monoisotopic (exact) mass is 533 g/mol. The summed E-state index contributed by atoms with van der Waals surface area (Å²) < 4.78 is 7.58. The zero-order chi connectivity index (χ0) is 21.3. The van der Waals surface area contributed by atoms with Crippen LogP contribution >= 0.6 is 24.0 Å². The van der Waals surface area contributed by atoms with Gasteiger partial charge in [0.05, 0.1) is 18.0 Å². The molecule has 7 heteroatoms. The van der Waals surface area contributed by atoms with Crippen molar-refractivity contribution < 1.29 is 4.74 Å². The molecule has 0 radical (unpaired) electrons. The fourth-order valence-corrected chi connectivity index (χ4v) is 3.40. The van der Waals surface area contributed by atoms with E-state index >= 15 is 0 Å². The molecule has 0 aliphatic heterocycles. The average molecular weight is 533 g/mol. The Bertz CT molecular complexity index is 999. The SMILES string of the molecule is CCOCc1ccccc1CNC(=NC)NCc1ccccc1-n1nc(C)cc1C.I. The number of guanidine groups is 1. The second-order valence-electron chi connectivity index (χ2n) is 7.15. The van der Waals surface area contributed by atoms with Crippen LogP contribution in [0.3, 0.4) is 0 Å². The summed E-state index contributed by atoms with van der Waals surface area (Å²) in [5.74, 6) is 0.754. The third-order valence-corrected chi connectivity index (χ3v) is 4.93. The minimum Gasteiger partial charge on any atom is -0.377 e. The zero-order valence-electron chi connectivity index (χ0n) is 18.7. The third kappa shape index (κ3) is 6.80. The number of rotatable bonds is 8. The van der Waals surface area contributed by atoms with Crippen molar-refractivity contribution in [3.63, 3.8) is 0 Å². The molecule has 0 atom stereocenters. The lowest BCUT2D eigenvalue weighted by Crippen LogP contribution is -2.36. The molecule has 0 amide bonds. The van der Waals surface area contributed by atoms with Gasteiger partial charge in [-0.05, 0) is 49.6 Å². The van der Waals surface area contributed by atoms with Crippen molar-refractivity contribution >= 4 is 29.9 Å². The van der Waals surface area contributed by atoms with E-state index in [2.05, 4.69) is 58.0 Å². The summed E-state index contributed by atoms with van der Waals surface area (Å²) in [5, 5.41) is 11.5. The first-order valence-corrected chi connectivity index (χ1v) is 10.3. The van der Waals surface area contributed by atoms with Gasteiger partial charge in [-0.25, -0.2) is 4.68 Å². The van der Waals surface area contributed by atoms with E-state index < -0.39 is 0 Å². The Labute approximate surface area is 202 Å². The van der Waals surface area contributed by atoms with E-state index in [-0.39, 0.29) is 24.0 Å². The number of aliphatic imine (C=N–C) groups is 1. The number of benzene rings is 2. The molecule has 0 bridgehead atoms. The highest BCUT2D eigenvalue weighted by Gasteiger charge is 2.09. The number of para-hydroxylation sites is 1. The smallest absolute Gasteiger partial charge is 0.191 e. The van der Waals surface area contributed by atoms with E-state index in [0.717, 1.165) is 28.6 Å². The number of ether oxygens (including phenoxy) is 1. The Hall–Kier alpha value is -2.39. The van der Waals surface area contributed by atoms with Crippen LogP contribution in [0.2, 0.25) is 0 Å². The number of hydrogen-bond donors (Lipinski definition) is 2. The summed E-state index contributed by atoms with van der Waals surface area (Å²) >= 11 is 0. The van der Waals surface area contributed by atoms with Crippen LogP contribution in [-0.2, 0) is 24.4 Å². The van der Waals surface area contributed by atoms with Crippen molar-refractivity contribution in [3.8, 4) is 5.69 Å².